The van der Waals surface area contributed by atoms with E-state index in [0.717, 1.165) is 6.42 Å². The molecule has 0 unspecified atom stereocenters. The van der Waals surface area contributed by atoms with Gasteiger partial charge >= 0.3 is 0 Å². The maximum Gasteiger partial charge on any atom is 0.251 e. The van der Waals surface area contributed by atoms with Gasteiger partial charge in [0, 0.05) is 18.0 Å². The van der Waals surface area contributed by atoms with Crippen molar-refractivity contribution in [3.63, 3.8) is 0 Å². The van der Waals surface area contributed by atoms with Crippen LogP contribution in [0.15, 0.2) is 12.1 Å². The molecular formula is C15H20ClNO3. The van der Waals surface area contributed by atoms with Crippen molar-refractivity contribution in [2.45, 2.75) is 33.2 Å². The van der Waals surface area contributed by atoms with Crippen molar-refractivity contribution >= 4 is 17.5 Å². The molecule has 1 atom stereocenters. The number of hydrogen-bond donors (Lipinski definition) is 1. The third-order valence-corrected chi connectivity index (χ3v) is 3.70. The summed E-state index contributed by atoms with van der Waals surface area (Å²) in [5, 5.41) is 3.36. The minimum Gasteiger partial charge on any atom is -0.489 e. The minimum atomic E-state index is -0.149. The molecule has 1 aromatic rings. The van der Waals surface area contributed by atoms with Crippen LogP contribution in [0.4, 0.5) is 0 Å². The molecule has 20 heavy (non-hydrogen) atoms. The average Bonchev–Trinajstić information content (AvgIpc) is 2.63. The second-order valence-corrected chi connectivity index (χ2v) is 5.75. The Morgan fingerprint density at radius 2 is 1.95 bits per heavy atom. The SMILES string of the molecule is CC(C)[C@H](C)NC(=O)c1cc(Cl)c2c(c1)OCCCO2. The van der Waals surface area contributed by atoms with Gasteiger partial charge in [0.15, 0.2) is 11.5 Å². The Morgan fingerprint density at radius 1 is 1.25 bits per heavy atom. The fourth-order valence-electron chi connectivity index (χ4n) is 1.82. The second-order valence-electron chi connectivity index (χ2n) is 5.34. The highest BCUT2D eigenvalue weighted by Crippen LogP contribution is 2.37. The van der Waals surface area contributed by atoms with Gasteiger partial charge in [-0.3, -0.25) is 4.79 Å². The third kappa shape index (κ3) is 3.37. The zero-order valence-corrected chi connectivity index (χ0v) is 12.8. The number of carbonyl (C=O) groups is 1. The Labute approximate surface area is 124 Å². The number of carbonyl (C=O) groups excluding carboxylic acids is 1. The highest BCUT2D eigenvalue weighted by atomic mass is 35.5. The smallest absolute Gasteiger partial charge is 0.251 e. The maximum atomic E-state index is 12.2. The number of benzene rings is 1. The van der Waals surface area contributed by atoms with Gasteiger partial charge in [-0.2, -0.15) is 0 Å². The molecule has 0 bridgehead atoms. The summed E-state index contributed by atoms with van der Waals surface area (Å²) in [6.07, 6.45) is 0.803. The monoisotopic (exact) mass is 297 g/mol. The van der Waals surface area contributed by atoms with Gasteiger partial charge in [0.1, 0.15) is 0 Å². The second kappa shape index (κ2) is 6.35. The molecule has 1 N–H and O–H groups in total. The van der Waals surface area contributed by atoms with E-state index in [0.29, 0.717) is 41.2 Å². The van der Waals surface area contributed by atoms with Gasteiger partial charge in [0.05, 0.1) is 18.2 Å². The van der Waals surface area contributed by atoms with E-state index in [1.165, 1.54) is 0 Å². The zero-order valence-electron chi connectivity index (χ0n) is 12.0. The van der Waals surface area contributed by atoms with Gasteiger partial charge in [-0.25, -0.2) is 0 Å². The molecule has 0 saturated heterocycles. The quantitative estimate of drug-likeness (QED) is 0.931. The average molecular weight is 298 g/mol. The molecule has 0 aromatic heterocycles. The summed E-state index contributed by atoms with van der Waals surface area (Å²) in [5.41, 5.74) is 0.492. The zero-order chi connectivity index (χ0) is 14.7. The van der Waals surface area contributed by atoms with Gasteiger partial charge in [0.25, 0.3) is 5.91 Å². The molecular weight excluding hydrogens is 278 g/mol. The molecule has 2 rings (SSSR count). The number of hydrogen-bond acceptors (Lipinski definition) is 3. The normalized spacial score (nSPS) is 15.7. The third-order valence-electron chi connectivity index (χ3n) is 3.42. The maximum absolute atomic E-state index is 12.2. The molecule has 1 aliphatic rings. The fourth-order valence-corrected chi connectivity index (χ4v) is 2.08. The summed E-state index contributed by atoms with van der Waals surface area (Å²) in [7, 11) is 0. The number of ether oxygens (including phenoxy) is 2. The highest BCUT2D eigenvalue weighted by molar-refractivity contribution is 6.32. The summed E-state index contributed by atoms with van der Waals surface area (Å²) in [6.45, 7) is 7.24. The van der Waals surface area contributed by atoms with Crippen LogP contribution < -0.4 is 14.8 Å². The number of halogens is 1. The van der Waals surface area contributed by atoms with Crippen molar-refractivity contribution < 1.29 is 14.3 Å². The Morgan fingerprint density at radius 3 is 2.65 bits per heavy atom. The summed E-state index contributed by atoms with van der Waals surface area (Å²) in [6, 6.07) is 3.41. The van der Waals surface area contributed by atoms with Crippen molar-refractivity contribution in [3.05, 3.63) is 22.7 Å². The molecule has 1 heterocycles. The molecule has 1 aromatic carbocycles. The van der Waals surface area contributed by atoms with Gasteiger partial charge in [0.2, 0.25) is 0 Å². The molecule has 0 radical (unpaired) electrons. The van der Waals surface area contributed by atoms with Crippen molar-refractivity contribution in [1.29, 1.82) is 0 Å². The van der Waals surface area contributed by atoms with E-state index < -0.39 is 0 Å². The lowest BCUT2D eigenvalue weighted by atomic mass is 10.1. The summed E-state index contributed by atoms with van der Waals surface area (Å²) in [5.74, 6) is 1.29. The molecule has 0 aliphatic carbocycles. The van der Waals surface area contributed by atoms with E-state index in [1.54, 1.807) is 12.1 Å². The Kier molecular flexibility index (Phi) is 4.76. The summed E-state index contributed by atoms with van der Waals surface area (Å²) < 4.78 is 11.1. The topological polar surface area (TPSA) is 47.6 Å². The lowest BCUT2D eigenvalue weighted by Crippen LogP contribution is -2.36. The fraction of sp³-hybridized carbons (Fsp3) is 0.533. The Bertz CT molecular complexity index is 502. The van der Waals surface area contributed by atoms with E-state index >= 15 is 0 Å². The van der Waals surface area contributed by atoms with Crippen LogP contribution in [-0.4, -0.2) is 25.2 Å². The lowest BCUT2D eigenvalue weighted by Gasteiger charge is -2.18. The minimum absolute atomic E-state index is 0.0947. The number of nitrogens with one attached hydrogen (secondary N) is 1. The van der Waals surface area contributed by atoms with E-state index in [4.69, 9.17) is 21.1 Å². The molecule has 4 nitrogen and oxygen atoms in total. The molecule has 0 saturated carbocycles. The first-order valence-electron chi connectivity index (χ1n) is 6.89. The van der Waals surface area contributed by atoms with Crippen LogP contribution in [-0.2, 0) is 0 Å². The van der Waals surface area contributed by atoms with E-state index in [2.05, 4.69) is 19.2 Å². The van der Waals surface area contributed by atoms with Gasteiger partial charge in [-0.05, 0) is 25.0 Å². The van der Waals surface area contributed by atoms with Crippen LogP contribution >= 0.6 is 11.6 Å². The van der Waals surface area contributed by atoms with E-state index in [-0.39, 0.29) is 11.9 Å². The van der Waals surface area contributed by atoms with Crippen LogP contribution in [0.25, 0.3) is 0 Å². The summed E-state index contributed by atoms with van der Waals surface area (Å²) >= 11 is 6.18. The molecule has 5 heteroatoms. The van der Waals surface area contributed by atoms with E-state index in [1.807, 2.05) is 6.92 Å². The van der Waals surface area contributed by atoms with Gasteiger partial charge in [-0.15, -0.1) is 0 Å². The van der Waals surface area contributed by atoms with Crippen molar-refractivity contribution in [3.8, 4) is 11.5 Å². The first-order valence-corrected chi connectivity index (χ1v) is 7.27. The predicted molar refractivity (Wildman–Crippen MR) is 78.8 cm³/mol. The molecule has 0 spiro atoms. The van der Waals surface area contributed by atoms with Crippen LogP contribution in [0.2, 0.25) is 5.02 Å². The number of rotatable bonds is 3. The lowest BCUT2D eigenvalue weighted by molar-refractivity contribution is 0.0930. The Balaban J connectivity index is 2.23. The molecule has 110 valence electrons. The molecule has 1 amide bonds. The number of fused-ring (bicyclic) bond motifs is 1. The van der Waals surface area contributed by atoms with Crippen molar-refractivity contribution in [2.24, 2.45) is 5.92 Å². The largest absolute Gasteiger partial charge is 0.489 e. The first kappa shape index (κ1) is 15.0. The highest BCUT2D eigenvalue weighted by Gasteiger charge is 2.19. The van der Waals surface area contributed by atoms with Crippen molar-refractivity contribution in [2.75, 3.05) is 13.2 Å². The van der Waals surface area contributed by atoms with Crippen LogP contribution in [0.5, 0.6) is 11.5 Å². The van der Waals surface area contributed by atoms with Crippen LogP contribution in [0.1, 0.15) is 37.6 Å². The summed E-state index contributed by atoms with van der Waals surface area (Å²) in [4.78, 5) is 12.2. The first-order chi connectivity index (χ1) is 9.49. The number of amides is 1. The van der Waals surface area contributed by atoms with Crippen LogP contribution in [0.3, 0.4) is 0 Å². The Hall–Kier alpha value is -1.42. The van der Waals surface area contributed by atoms with E-state index in [9.17, 15) is 4.79 Å². The molecule has 1 aliphatic heterocycles. The van der Waals surface area contributed by atoms with Gasteiger partial charge < -0.3 is 14.8 Å². The van der Waals surface area contributed by atoms with Crippen LogP contribution in [0, 0.1) is 5.92 Å². The predicted octanol–water partition coefficient (Wildman–Crippen LogP) is 3.28. The van der Waals surface area contributed by atoms with Gasteiger partial charge in [-0.1, -0.05) is 25.4 Å². The molecule has 0 fully saturated rings. The van der Waals surface area contributed by atoms with Crippen molar-refractivity contribution in [1.82, 2.24) is 5.32 Å². The standard InChI is InChI=1S/C15H20ClNO3/c1-9(2)10(3)17-15(18)11-7-12(16)14-13(8-11)19-5-4-6-20-14/h7-10H,4-6H2,1-3H3,(H,17,18)/t10-/m0/s1.